The summed E-state index contributed by atoms with van der Waals surface area (Å²) in [6, 6.07) is 0. The molecule has 1 N–H and O–H groups in total. The average Bonchev–Trinajstić information content (AvgIpc) is 2.92. The van der Waals surface area contributed by atoms with Gasteiger partial charge in [0.25, 0.3) is 5.56 Å². The molecule has 0 bridgehead atoms. The Kier molecular flexibility index (Phi) is 2.43. The minimum atomic E-state index is -0.546. The molecule has 1 atom stereocenters. The zero-order valence-corrected chi connectivity index (χ0v) is 8.08. The lowest BCUT2D eigenvalue weighted by Crippen LogP contribution is -2.30. The molecule has 14 heavy (non-hydrogen) atoms. The second-order valence-electron chi connectivity index (χ2n) is 3.17. The summed E-state index contributed by atoms with van der Waals surface area (Å²) in [5.41, 5.74) is -0.976. The lowest BCUT2D eigenvalue weighted by molar-refractivity contribution is 0.383. The van der Waals surface area contributed by atoms with Crippen molar-refractivity contribution in [1.29, 1.82) is 0 Å². The fourth-order valence-corrected chi connectivity index (χ4v) is 1.33. The predicted octanol–water partition coefficient (Wildman–Crippen LogP) is -0.0211. The van der Waals surface area contributed by atoms with Gasteiger partial charge in [0.05, 0.1) is 12.7 Å². The third kappa shape index (κ3) is 2.05. The molecule has 2 heterocycles. The van der Waals surface area contributed by atoms with Gasteiger partial charge in [0.15, 0.2) is 0 Å². The van der Waals surface area contributed by atoms with E-state index in [9.17, 15) is 9.59 Å². The molecule has 0 radical (unpaired) electrons. The van der Waals surface area contributed by atoms with Crippen molar-refractivity contribution < 1.29 is 4.74 Å². The number of H-pyrrole nitrogens is 1. The molecule has 1 unspecified atom stereocenters. The first-order chi connectivity index (χ1) is 6.66. The molecule has 1 aromatic rings. The van der Waals surface area contributed by atoms with Crippen LogP contribution < -0.4 is 11.2 Å². The summed E-state index contributed by atoms with van der Waals surface area (Å²) in [7, 11) is 0. The molecule has 1 aliphatic rings. The third-order valence-corrected chi connectivity index (χ3v) is 2.33. The molecule has 1 aromatic heterocycles. The van der Waals surface area contributed by atoms with Crippen LogP contribution in [0.1, 0.15) is 6.42 Å². The minimum absolute atomic E-state index is 0.0290. The summed E-state index contributed by atoms with van der Waals surface area (Å²) in [5, 5.41) is 0.0290. The summed E-state index contributed by atoms with van der Waals surface area (Å²) < 4.78 is 6.38. The number of epoxide rings is 1. The van der Waals surface area contributed by atoms with Gasteiger partial charge in [-0.3, -0.25) is 14.3 Å². The number of aromatic amines is 1. The Hall–Kier alpha value is -1.07. The topological polar surface area (TPSA) is 67.4 Å². The largest absolute Gasteiger partial charge is 0.373 e. The van der Waals surface area contributed by atoms with Crippen molar-refractivity contribution in [2.75, 3.05) is 6.61 Å². The van der Waals surface area contributed by atoms with Crippen LogP contribution in [0.25, 0.3) is 0 Å². The number of hydrogen-bond acceptors (Lipinski definition) is 3. The van der Waals surface area contributed by atoms with Crippen LogP contribution >= 0.6 is 11.6 Å². The summed E-state index contributed by atoms with van der Waals surface area (Å²) in [4.78, 5) is 24.3. The van der Waals surface area contributed by atoms with E-state index in [0.29, 0.717) is 6.54 Å². The maximum Gasteiger partial charge on any atom is 0.328 e. The summed E-state index contributed by atoms with van der Waals surface area (Å²) in [5.74, 6) is 0. The maximum atomic E-state index is 11.2. The van der Waals surface area contributed by atoms with Crippen LogP contribution in [0, 0.1) is 0 Å². The number of nitrogens with zero attached hydrogens (tertiary/aromatic N) is 1. The standard InChI is InChI=1S/C8H9ClN2O3/c9-6-3-11(2-1-5-4-14-5)8(13)10-7(6)12/h3,5H,1-2,4H2,(H,10,12,13). The number of halogens is 1. The van der Waals surface area contributed by atoms with Crippen LogP contribution in [0.2, 0.25) is 5.02 Å². The van der Waals surface area contributed by atoms with Crippen LogP contribution in [-0.4, -0.2) is 22.3 Å². The molecule has 5 nitrogen and oxygen atoms in total. The van der Waals surface area contributed by atoms with Crippen molar-refractivity contribution in [3.8, 4) is 0 Å². The van der Waals surface area contributed by atoms with Crippen molar-refractivity contribution >= 4 is 11.6 Å². The second kappa shape index (κ2) is 3.59. The number of rotatable bonds is 3. The van der Waals surface area contributed by atoms with E-state index >= 15 is 0 Å². The first kappa shape index (κ1) is 9.48. The van der Waals surface area contributed by atoms with E-state index < -0.39 is 11.2 Å². The first-order valence-electron chi connectivity index (χ1n) is 4.27. The Morgan fingerprint density at radius 1 is 1.64 bits per heavy atom. The summed E-state index contributed by atoms with van der Waals surface area (Å²) >= 11 is 5.58. The molecule has 76 valence electrons. The van der Waals surface area contributed by atoms with E-state index in [4.69, 9.17) is 16.3 Å². The monoisotopic (exact) mass is 216 g/mol. The molecule has 1 fully saturated rings. The average molecular weight is 217 g/mol. The quantitative estimate of drug-likeness (QED) is 0.722. The molecule has 2 rings (SSSR count). The van der Waals surface area contributed by atoms with E-state index in [-0.39, 0.29) is 11.1 Å². The molecule has 0 aliphatic carbocycles. The van der Waals surface area contributed by atoms with Crippen molar-refractivity contribution in [1.82, 2.24) is 9.55 Å². The molecule has 0 spiro atoms. The molecule has 0 amide bonds. The Bertz CT molecular complexity index is 447. The number of nitrogens with one attached hydrogen (secondary N) is 1. The van der Waals surface area contributed by atoms with Crippen molar-refractivity contribution in [2.24, 2.45) is 0 Å². The molecular formula is C8H9ClN2O3. The van der Waals surface area contributed by atoms with Crippen LogP contribution in [-0.2, 0) is 11.3 Å². The van der Waals surface area contributed by atoms with Crippen molar-refractivity contribution in [2.45, 2.75) is 19.1 Å². The second-order valence-corrected chi connectivity index (χ2v) is 3.58. The number of ether oxygens (including phenoxy) is 1. The Balaban J connectivity index is 2.19. The molecule has 1 saturated heterocycles. The zero-order valence-electron chi connectivity index (χ0n) is 7.33. The van der Waals surface area contributed by atoms with Gasteiger partial charge in [-0.1, -0.05) is 11.6 Å². The molecule has 1 aliphatic heterocycles. The van der Waals surface area contributed by atoms with Crippen molar-refractivity contribution in [3.63, 3.8) is 0 Å². The molecule has 6 heteroatoms. The van der Waals surface area contributed by atoms with E-state index in [1.54, 1.807) is 0 Å². The number of hydrogen-bond donors (Lipinski definition) is 1. The highest BCUT2D eigenvalue weighted by atomic mass is 35.5. The SMILES string of the molecule is O=c1[nH]c(=O)n(CCC2CO2)cc1Cl. The number of aromatic nitrogens is 2. The van der Waals surface area contributed by atoms with E-state index in [1.165, 1.54) is 10.8 Å². The van der Waals surface area contributed by atoms with Gasteiger partial charge in [0.2, 0.25) is 0 Å². The molecular weight excluding hydrogens is 208 g/mol. The minimum Gasteiger partial charge on any atom is -0.373 e. The lowest BCUT2D eigenvalue weighted by Gasteiger charge is -2.02. The van der Waals surface area contributed by atoms with Crippen LogP contribution in [0.15, 0.2) is 15.8 Å². The van der Waals surface area contributed by atoms with Gasteiger partial charge in [-0.25, -0.2) is 4.79 Å². The van der Waals surface area contributed by atoms with Crippen LogP contribution in [0.4, 0.5) is 0 Å². The highest BCUT2D eigenvalue weighted by Crippen LogP contribution is 2.13. The Labute approximate surface area is 84.3 Å². The van der Waals surface area contributed by atoms with Crippen molar-refractivity contribution in [3.05, 3.63) is 32.1 Å². The summed E-state index contributed by atoms with van der Waals surface area (Å²) in [6.07, 6.45) is 2.38. The normalized spacial score (nSPS) is 19.6. The van der Waals surface area contributed by atoms with Gasteiger partial charge < -0.3 is 4.74 Å². The van der Waals surface area contributed by atoms with E-state index in [2.05, 4.69) is 4.98 Å². The van der Waals surface area contributed by atoms with Gasteiger partial charge in [-0.15, -0.1) is 0 Å². The molecule has 0 aromatic carbocycles. The zero-order chi connectivity index (χ0) is 10.1. The van der Waals surface area contributed by atoms with Gasteiger partial charge >= 0.3 is 5.69 Å². The number of aryl methyl sites for hydroxylation is 1. The van der Waals surface area contributed by atoms with Gasteiger partial charge in [0.1, 0.15) is 5.02 Å². The lowest BCUT2D eigenvalue weighted by atomic mass is 10.3. The molecule has 0 saturated carbocycles. The smallest absolute Gasteiger partial charge is 0.328 e. The fraction of sp³-hybridized carbons (Fsp3) is 0.500. The highest BCUT2D eigenvalue weighted by molar-refractivity contribution is 6.30. The maximum absolute atomic E-state index is 11.2. The Morgan fingerprint density at radius 2 is 2.36 bits per heavy atom. The van der Waals surface area contributed by atoms with Crippen LogP contribution in [0.3, 0.4) is 0 Å². The van der Waals surface area contributed by atoms with E-state index in [0.717, 1.165) is 13.0 Å². The summed E-state index contributed by atoms with van der Waals surface area (Å²) in [6.45, 7) is 1.27. The van der Waals surface area contributed by atoms with Gasteiger partial charge in [-0.05, 0) is 6.42 Å². The van der Waals surface area contributed by atoms with E-state index in [1.807, 2.05) is 0 Å². The Morgan fingerprint density at radius 3 is 3.00 bits per heavy atom. The first-order valence-corrected chi connectivity index (χ1v) is 4.65. The predicted molar refractivity (Wildman–Crippen MR) is 50.7 cm³/mol. The third-order valence-electron chi connectivity index (χ3n) is 2.06. The fourth-order valence-electron chi connectivity index (χ4n) is 1.17. The van der Waals surface area contributed by atoms with Crippen LogP contribution in [0.5, 0.6) is 0 Å². The van der Waals surface area contributed by atoms with Gasteiger partial charge in [0, 0.05) is 12.7 Å². The van der Waals surface area contributed by atoms with Gasteiger partial charge in [-0.2, -0.15) is 0 Å². The highest BCUT2D eigenvalue weighted by Gasteiger charge is 2.21.